The molecule has 0 saturated carbocycles. The molecule has 2 heterocycles. The van der Waals surface area contributed by atoms with Gasteiger partial charge in [-0.2, -0.15) is 0 Å². The highest BCUT2D eigenvalue weighted by atomic mass is 16.3. The number of nitrogens with two attached hydrogens (primary N) is 1. The fourth-order valence-corrected chi connectivity index (χ4v) is 1.74. The summed E-state index contributed by atoms with van der Waals surface area (Å²) in [6.07, 6.45) is 5.17. The van der Waals surface area contributed by atoms with E-state index in [1.165, 1.54) is 0 Å². The van der Waals surface area contributed by atoms with Crippen molar-refractivity contribution in [1.82, 2.24) is 4.98 Å². The first-order valence-corrected chi connectivity index (χ1v) is 5.01. The Kier molecular flexibility index (Phi) is 1.90. The third-order valence-electron chi connectivity index (χ3n) is 2.54. The van der Waals surface area contributed by atoms with Crippen molar-refractivity contribution < 1.29 is 4.42 Å². The van der Waals surface area contributed by atoms with Crippen molar-refractivity contribution in [3.8, 4) is 11.3 Å². The Hall–Kier alpha value is -2.29. The molecule has 0 aliphatic rings. The summed E-state index contributed by atoms with van der Waals surface area (Å²) in [6, 6.07) is 9.89. The van der Waals surface area contributed by atoms with Crippen LogP contribution < -0.4 is 5.73 Å². The van der Waals surface area contributed by atoms with Crippen LogP contribution in [0.3, 0.4) is 0 Å². The molecule has 0 fully saturated rings. The molecule has 0 amide bonds. The van der Waals surface area contributed by atoms with Gasteiger partial charge in [0, 0.05) is 29.4 Å². The van der Waals surface area contributed by atoms with Crippen LogP contribution in [0, 0.1) is 0 Å². The largest absolute Gasteiger partial charge is 0.462 e. The molecular formula is C13H10N2O. The molecule has 16 heavy (non-hydrogen) atoms. The van der Waals surface area contributed by atoms with E-state index in [-0.39, 0.29) is 0 Å². The summed E-state index contributed by atoms with van der Waals surface area (Å²) in [5, 5.41) is 2.26. The van der Waals surface area contributed by atoms with Crippen LogP contribution in [-0.4, -0.2) is 4.98 Å². The van der Waals surface area contributed by atoms with Crippen LogP contribution in [0.5, 0.6) is 0 Å². The Bertz CT molecular complexity index is 643. The van der Waals surface area contributed by atoms with Crippen LogP contribution in [0.1, 0.15) is 0 Å². The molecule has 78 valence electrons. The van der Waals surface area contributed by atoms with Crippen LogP contribution in [-0.2, 0) is 0 Å². The van der Waals surface area contributed by atoms with Crippen molar-refractivity contribution in [3.05, 3.63) is 49.0 Å². The quantitative estimate of drug-likeness (QED) is 0.671. The number of pyridine rings is 1. The van der Waals surface area contributed by atoms with Crippen molar-refractivity contribution in [2.45, 2.75) is 0 Å². The zero-order chi connectivity index (χ0) is 11.0. The average Bonchev–Trinajstić information content (AvgIpc) is 2.75. The van der Waals surface area contributed by atoms with E-state index in [9.17, 15) is 0 Å². The fraction of sp³-hybridized carbons (Fsp3) is 0. The van der Waals surface area contributed by atoms with Gasteiger partial charge in [0.2, 0.25) is 0 Å². The molecule has 0 radical (unpaired) electrons. The lowest BCUT2D eigenvalue weighted by Gasteiger charge is -1.99. The van der Waals surface area contributed by atoms with Crippen LogP contribution in [0.15, 0.2) is 53.4 Å². The van der Waals surface area contributed by atoms with Gasteiger partial charge in [0.15, 0.2) is 0 Å². The molecule has 0 spiro atoms. The summed E-state index contributed by atoms with van der Waals surface area (Å²) >= 11 is 0. The summed E-state index contributed by atoms with van der Waals surface area (Å²) in [5.74, 6) is 0.788. The summed E-state index contributed by atoms with van der Waals surface area (Å²) in [6.45, 7) is 0. The second kappa shape index (κ2) is 3.38. The predicted molar refractivity (Wildman–Crippen MR) is 63.9 cm³/mol. The lowest BCUT2D eigenvalue weighted by Crippen LogP contribution is -1.79. The molecule has 0 unspecified atom stereocenters. The number of furan rings is 1. The maximum atomic E-state index is 5.62. The first-order valence-electron chi connectivity index (χ1n) is 5.01. The SMILES string of the molecule is Nc1coc(-c2ccc3cnccc3c2)c1. The summed E-state index contributed by atoms with van der Waals surface area (Å²) < 4.78 is 5.36. The molecule has 3 rings (SSSR count). The minimum absolute atomic E-state index is 0.643. The molecule has 2 aromatic heterocycles. The highest BCUT2D eigenvalue weighted by molar-refractivity contribution is 5.86. The summed E-state index contributed by atoms with van der Waals surface area (Å²) in [7, 11) is 0. The minimum atomic E-state index is 0.643. The number of benzene rings is 1. The molecule has 0 aliphatic heterocycles. The molecule has 2 N–H and O–H groups in total. The number of hydrogen-bond donors (Lipinski definition) is 1. The van der Waals surface area contributed by atoms with Gasteiger partial charge in [-0.1, -0.05) is 12.1 Å². The van der Waals surface area contributed by atoms with E-state index < -0.39 is 0 Å². The first kappa shape index (κ1) is 8.97. The van der Waals surface area contributed by atoms with E-state index in [0.29, 0.717) is 5.69 Å². The van der Waals surface area contributed by atoms with E-state index in [0.717, 1.165) is 22.1 Å². The van der Waals surface area contributed by atoms with Crippen molar-refractivity contribution in [1.29, 1.82) is 0 Å². The van der Waals surface area contributed by atoms with Crippen molar-refractivity contribution in [3.63, 3.8) is 0 Å². The molecular weight excluding hydrogens is 200 g/mol. The number of nitrogens with zero attached hydrogens (tertiary/aromatic N) is 1. The second-order valence-corrected chi connectivity index (χ2v) is 3.68. The summed E-state index contributed by atoms with van der Waals surface area (Å²) in [5.41, 5.74) is 7.29. The zero-order valence-corrected chi connectivity index (χ0v) is 8.55. The molecule has 0 saturated heterocycles. The predicted octanol–water partition coefficient (Wildman–Crippen LogP) is 3.08. The molecule has 3 nitrogen and oxygen atoms in total. The van der Waals surface area contributed by atoms with Gasteiger partial charge in [0.05, 0.1) is 5.69 Å². The number of rotatable bonds is 1. The highest BCUT2D eigenvalue weighted by Gasteiger charge is 2.03. The zero-order valence-electron chi connectivity index (χ0n) is 8.55. The fourth-order valence-electron chi connectivity index (χ4n) is 1.74. The number of anilines is 1. The standard InChI is InChI=1S/C13H10N2O/c14-12-6-13(16-8-12)10-1-2-11-7-15-4-3-9(11)5-10/h1-8H,14H2. The number of aromatic nitrogens is 1. The monoisotopic (exact) mass is 210 g/mol. The Morgan fingerprint density at radius 3 is 2.81 bits per heavy atom. The summed E-state index contributed by atoms with van der Waals surface area (Å²) in [4.78, 5) is 4.08. The molecule has 0 atom stereocenters. The van der Waals surface area contributed by atoms with Crippen LogP contribution in [0.25, 0.3) is 22.1 Å². The molecule has 0 bridgehead atoms. The Balaban J connectivity index is 2.18. The van der Waals surface area contributed by atoms with Gasteiger partial charge in [-0.25, -0.2) is 0 Å². The van der Waals surface area contributed by atoms with Gasteiger partial charge in [0.25, 0.3) is 0 Å². The van der Waals surface area contributed by atoms with Crippen molar-refractivity contribution in [2.75, 3.05) is 5.73 Å². The van der Waals surface area contributed by atoms with E-state index in [4.69, 9.17) is 10.2 Å². The average molecular weight is 210 g/mol. The van der Waals surface area contributed by atoms with Crippen molar-refractivity contribution >= 4 is 16.5 Å². The van der Waals surface area contributed by atoms with E-state index in [2.05, 4.69) is 11.1 Å². The lowest BCUT2D eigenvalue weighted by molar-refractivity contribution is 0.583. The third-order valence-corrected chi connectivity index (χ3v) is 2.54. The van der Waals surface area contributed by atoms with E-state index >= 15 is 0 Å². The number of nitrogen functional groups attached to an aromatic ring is 1. The number of hydrogen-bond acceptors (Lipinski definition) is 3. The second-order valence-electron chi connectivity index (χ2n) is 3.68. The van der Waals surface area contributed by atoms with Crippen LogP contribution >= 0.6 is 0 Å². The van der Waals surface area contributed by atoms with Crippen LogP contribution in [0.2, 0.25) is 0 Å². The Morgan fingerprint density at radius 2 is 2.00 bits per heavy atom. The Labute approximate surface area is 92.5 Å². The molecule has 1 aromatic carbocycles. The normalized spacial score (nSPS) is 10.8. The molecule has 3 aromatic rings. The van der Waals surface area contributed by atoms with Gasteiger partial charge in [-0.05, 0) is 17.5 Å². The first-order chi connectivity index (χ1) is 7.83. The maximum absolute atomic E-state index is 5.62. The van der Waals surface area contributed by atoms with Gasteiger partial charge in [0.1, 0.15) is 12.0 Å². The highest BCUT2D eigenvalue weighted by Crippen LogP contribution is 2.26. The van der Waals surface area contributed by atoms with Gasteiger partial charge in [-0.15, -0.1) is 0 Å². The van der Waals surface area contributed by atoms with E-state index in [1.54, 1.807) is 12.5 Å². The maximum Gasteiger partial charge on any atom is 0.136 e. The van der Waals surface area contributed by atoms with E-state index in [1.807, 2.05) is 30.5 Å². The van der Waals surface area contributed by atoms with Gasteiger partial charge < -0.3 is 10.2 Å². The smallest absolute Gasteiger partial charge is 0.136 e. The molecule has 3 heteroatoms. The number of fused-ring (bicyclic) bond motifs is 1. The van der Waals surface area contributed by atoms with Gasteiger partial charge in [-0.3, -0.25) is 4.98 Å². The van der Waals surface area contributed by atoms with Crippen molar-refractivity contribution in [2.24, 2.45) is 0 Å². The van der Waals surface area contributed by atoms with Gasteiger partial charge >= 0.3 is 0 Å². The Morgan fingerprint density at radius 1 is 1.06 bits per heavy atom. The molecule has 0 aliphatic carbocycles. The third kappa shape index (κ3) is 1.42. The minimum Gasteiger partial charge on any atom is -0.462 e. The lowest BCUT2D eigenvalue weighted by atomic mass is 10.1. The van der Waals surface area contributed by atoms with Crippen LogP contribution in [0.4, 0.5) is 5.69 Å². The topological polar surface area (TPSA) is 52.0 Å².